The lowest BCUT2D eigenvalue weighted by Crippen LogP contribution is -2.32. The van der Waals surface area contributed by atoms with Gasteiger partial charge in [0.1, 0.15) is 0 Å². The van der Waals surface area contributed by atoms with Gasteiger partial charge >= 0.3 is 5.97 Å². The summed E-state index contributed by atoms with van der Waals surface area (Å²) in [5.74, 6) is -0.548. The van der Waals surface area contributed by atoms with Gasteiger partial charge in [-0.05, 0) is 62.6 Å². The number of nitrogens with one attached hydrogen (secondary N) is 1. The minimum absolute atomic E-state index is 0.0585. The Morgan fingerprint density at radius 2 is 1.73 bits per heavy atom. The number of amides is 1. The van der Waals surface area contributed by atoms with Crippen LogP contribution in [0.15, 0.2) is 60.7 Å². The number of benzene rings is 2. The molecule has 0 aliphatic carbocycles. The zero-order chi connectivity index (χ0) is 24.0. The average Bonchev–Trinajstić information content (AvgIpc) is 3.25. The molecule has 0 saturated carbocycles. The van der Waals surface area contributed by atoms with Crippen LogP contribution in [0, 0.1) is 0 Å². The summed E-state index contributed by atoms with van der Waals surface area (Å²) in [6, 6.07) is 19.4. The van der Waals surface area contributed by atoms with Crippen LogP contribution < -0.4 is 5.32 Å². The van der Waals surface area contributed by atoms with E-state index >= 15 is 0 Å². The number of carbonyl (C=O) groups excluding carboxylic acids is 2. The first-order chi connectivity index (χ1) is 15.7. The molecule has 3 rings (SSSR count). The molecule has 0 unspecified atom stereocenters. The second kappa shape index (κ2) is 10.5. The van der Waals surface area contributed by atoms with Crippen molar-refractivity contribution in [3.8, 4) is 5.69 Å². The second-order valence-corrected chi connectivity index (χ2v) is 9.24. The summed E-state index contributed by atoms with van der Waals surface area (Å²) in [6.07, 6.45) is 1.78. The summed E-state index contributed by atoms with van der Waals surface area (Å²) in [4.78, 5) is 24.9. The van der Waals surface area contributed by atoms with Crippen molar-refractivity contribution in [2.45, 2.75) is 58.9 Å². The number of carbonyl (C=O) groups is 2. The Morgan fingerprint density at radius 3 is 2.33 bits per heavy atom. The van der Waals surface area contributed by atoms with E-state index in [1.54, 1.807) is 29.8 Å². The number of aromatic nitrogens is 2. The van der Waals surface area contributed by atoms with Gasteiger partial charge in [-0.2, -0.15) is 5.10 Å². The molecule has 1 N–H and O–H groups in total. The third-order valence-electron chi connectivity index (χ3n) is 5.42. The van der Waals surface area contributed by atoms with Gasteiger partial charge in [0.05, 0.1) is 18.0 Å². The van der Waals surface area contributed by atoms with Crippen LogP contribution in [0.5, 0.6) is 0 Å². The topological polar surface area (TPSA) is 73.2 Å². The molecule has 1 heterocycles. The van der Waals surface area contributed by atoms with Crippen LogP contribution >= 0.6 is 0 Å². The lowest BCUT2D eigenvalue weighted by atomic mass is 9.91. The van der Waals surface area contributed by atoms with Crippen LogP contribution in [0.1, 0.15) is 73.1 Å². The summed E-state index contributed by atoms with van der Waals surface area (Å²) in [6.45, 7) is 10.3. The largest absolute Gasteiger partial charge is 0.461 e. The minimum atomic E-state index is -0.442. The van der Waals surface area contributed by atoms with Crippen molar-refractivity contribution in [3.63, 3.8) is 0 Å². The molecule has 0 aliphatic heterocycles. The van der Waals surface area contributed by atoms with Crippen molar-refractivity contribution in [1.29, 1.82) is 0 Å². The van der Waals surface area contributed by atoms with Gasteiger partial charge < -0.3 is 10.1 Å². The van der Waals surface area contributed by atoms with Crippen molar-refractivity contribution in [1.82, 2.24) is 15.1 Å². The third kappa shape index (κ3) is 6.31. The van der Waals surface area contributed by atoms with Crippen molar-refractivity contribution in [2.24, 2.45) is 0 Å². The summed E-state index contributed by atoms with van der Waals surface area (Å²) >= 11 is 0. The lowest BCUT2D eigenvalue weighted by Gasteiger charge is -2.20. The van der Waals surface area contributed by atoms with Gasteiger partial charge in [0, 0.05) is 17.0 Å². The van der Waals surface area contributed by atoms with Crippen molar-refractivity contribution in [2.75, 3.05) is 6.61 Å². The monoisotopic (exact) mass is 447 g/mol. The fourth-order valence-corrected chi connectivity index (χ4v) is 3.58. The van der Waals surface area contributed by atoms with E-state index in [9.17, 15) is 9.59 Å². The van der Waals surface area contributed by atoms with Crippen LogP contribution in [-0.2, 0) is 16.6 Å². The van der Waals surface area contributed by atoms with Crippen molar-refractivity contribution in [3.05, 3.63) is 83.2 Å². The Kier molecular flexibility index (Phi) is 7.69. The van der Waals surface area contributed by atoms with Crippen LogP contribution in [-0.4, -0.2) is 34.3 Å². The number of esters is 1. The van der Waals surface area contributed by atoms with Crippen LogP contribution in [0.25, 0.3) is 5.69 Å². The summed E-state index contributed by atoms with van der Waals surface area (Å²) in [5, 5.41) is 7.55. The van der Waals surface area contributed by atoms with Gasteiger partial charge in [-0.25, -0.2) is 9.48 Å². The molecule has 6 nitrogen and oxygen atoms in total. The molecule has 0 fully saturated rings. The molecule has 0 saturated heterocycles. The van der Waals surface area contributed by atoms with Crippen molar-refractivity contribution >= 4 is 11.9 Å². The van der Waals surface area contributed by atoms with E-state index in [0.29, 0.717) is 12.2 Å². The number of aryl methyl sites for hydroxylation is 1. The quantitative estimate of drug-likeness (QED) is 0.488. The van der Waals surface area contributed by atoms with E-state index in [2.05, 4.69) is 43.3 Å². The normalized spacial score (nSPS) is 12.3. The zero-order valence-corrected chi connectivity index (χ0v) is 20.1. The van der Waals surface area contributed by atoms with E-state index in [1.165, 1.54) is 5.56 Å². The highest BCUT2D eigenvalue weighted by Gasteiger charge is 2.25. The predicted molar refractivity (Wildman–Crippen MR) is 130 cm³/mol. The molecule has 174 valence electrons. The molecular formula is C27H33N3O3. The Morgan fingerprint density at radius 1 is 1.06 bits per heavy atom. The van der Waals surface area contributed by atoms with Crippen LogP contribution in [0.4, 0.5) is 0 Å². The molecule has 1 atom stereocenters. The number of hydrogen-bond donors (Lipinski definition) is 1. The van der Waals surface area contributed by atoms with Gasteiger partial charge in [0.2, 0.25) is 0 Å². The van der Waals surface area contributed by atoms with E-state index in [-0.39, 0.29) is 23.1 Å². The van der Waals surface area contributed by atoms with Gasteiger partial charge in [-0.1, -0.05) is 51.1 Å². The second-order valence-electron chi connectivity index (χ2n) is 9.24. The SMILES string of the molecule is CCOC(=O)c1cc(C(C)(C)C)n(-c2ccc(C(=O)N[C@@H](C)CCc3ccccc3)cc2)n1. The molecule has 0 radical (unpaired) electrons. The predicted octanol–water partition coefficient (Wildman–Crippen LogP) is 5.10. The maximum absolute atomic E-state index is 12.7. The van der Waals surface area contributed by atoms with Gasteiger partial charge in [0.25, 0.3) is 5.91 Å². The zero-order valence-electron chi connectivity index (χ0n) is 20.1. The van der Waals surface area contributed by atoms with Crippen molar-refractivity contribution < 1.29 is 14.3 Å². The first kappa shape index (κ1) is 24.2. The molecule has 1 aromatic heterocycles. The average molecular weight is 448 g/mol. The molecule has 0 bridgehead atoms. The minimum Gasteiger partial charge on any atom is -0.461 e. The number of hydrogen-bond acceptors (Lipinski definition) is 4. The smallest absolute Gasteiger partial charge is 0.358 e. The molecule has 2 aromatic carbocycles. The van der Waals surface area contributed by atoms with E-state index in [1.807, 2.05) is 37.3 Å². The highest BCUT2D eigenvalue weighted by atomic mass is 16.5. The molecule has 3 aromatic rings. The van der Waals surface area contributed by atoms with E-state index in [0.717, 1.165) is 24.2 Å². The Labute approximate surface area is 196 Å². The molecule has 33 heavy (non-hydrogen) atoms. The number of rotatable bonds is 8. The van der Waals surface area contributed by atoms with Gasteiger partial charge in [0.15, 0.2) is 5.69 Å². The van der Waals surface area contributed by atoms with Gasteiger partial charge in [-0.3, -0.25) is 4.79 Å². The molecular weight excluding hydrogens is 414 g/mol. The van der Waals surface area contributed by atoms with Crippen LogP contribution in [0.2, 0.25) is 0 Å². The van der Waals surface area contributed by atoms with E-state index in [4.69, 9.17) is 4.74 Å². The Hall–Kier alpha value is -3.41. The van der Waals surface area contributed by atoms with E-state index < -0.39 is 5.97 Å². The lowest BCUT2D eigenvalue weighted by molar-refractivity contribution is 0.0518. The molecule has 0 aliphatic rings. The maximum Gasteiger partial charge on any atom is 0.358 e. The third-order valence-corrected chi connectivity index (χ3v) is 5.42. The summed E-state index contributed by atoms with van der Waals surface area (Å²) in [7, 11) is 0. The Bertz CT molecular complexity index is 1080. The molecule has 6 heteroatoms. The Balaban J connectivity index is 1.71. The number of nitrogens with zero attached hydrogens (tertiary/aromatic N) is 2. The first-order valence-electron chi connectivity index (χ1n) is 11.4. The first-order valence-corrected chi connectivity index (χ1v) is 11.4. The van der Waals surface area contributed by atoms with Crippen LogP contribution in [0.3, 0.4) is 0 Å². The summed E-state index contributed by atoms with van der Waals surface area (Å²) < 4.78 is 6.86. The molecule has 1 amide bonds. The highest BCUT2D eigenvalue weighted by molar-refractivity contribution is 5.94. The molecule has 0 spiro atoms. The number of ether oxygens (including phenoxy) is 1. The van der Waals surface area contributed by atoms with Gasteiger partial charge in [-0.15, -0.1) is 0 Å². The fraction of sp³-hybridized carbons (Fsp3) is 0.370. The highest BCUT2D eigenvalue weighted by Crippen LogP contribution is 2.26. The standard InChI is InChI=1S/C27H33N3O3/c1-6-33-26(32)23-18-24(27(3,4)5)30(29-23)22-16-14-21(15-17-22)25(31)28-19(2)12-13-20-10-8-7-9-11-20/h7-11,14-19H,6,12-13H2,1-5H3,(H,28,31)/t19-/m0/s1. The summed E-state index contributed by atoms with van der Waals surface area (Å²) in [5.41, 5.74) is 3.55. The maximum atomic E-state index is 12.7. The fourth-order valence-electron chi connectivity index (χ4n) is 3.58.